The van der Waals surface area contributed by atoms with E-state index in [1.54, 1.807) is 25.0 Å². The number of allylic oxidation sites excluding steroid dienone is 1. The van der Waals surface area contributed by atoms with Crippen molar-refractivity contribution in [1.29, 1.82) is 0 Å². The predicted octanol–water partition coefficient (Wildman–Crippen LogP) is 5.40. The Kier molecular flexibility index (Phi) is 7.31. The van der Waals surface area contributed by atoms with E-state index < -0.39 is 5.97 Å². The maximum Gasteiger partial charge on any atom is 0.340 e. The number of hydrogen-bond acceptors (Lipinski definition) is 5. The summed E-state index contributed by atoms with van der Waals surface area (Å²) in [5.74, 6) is 1.35. The van der Waals surface area contributed by atoms with Gasteiger partial charge in [-0.05, 0) is 66.9 Å². The number of amides is 1. The van der Waals surface area contributed by atoms with Crippen LogP contribution in [-0.2, 0) is 20.7 Å². The van der Waals surface area contributed by atoms with Gasteiger partial charge in [0.1, 0.15) is 17.2 Å². The first-order valence-electron chi connectivity index (χ1n) is 11.3. The second kappa shape index (κ2) is 10.7. The molecule has 6 nitrogen and oxygen atoms in total. The number of carbonyl (C=O) groups is 2. The van der Waals surface area contributed by atoms with Gasteiger partial charge < -0.3 is 19.1 Å². The molecule has 0 N–H and O–H groups in total. The second-order valence-electron chi connectivity index (χ2n) is 8.05. The third kappa shape index (κ3) is 5.44. The smallest absolute Gasteiger partial charge is 0.340 e. The highest BCUT2D eigenvalue weighted by atomic mass is 16.5. The van der Waals surface area contributed by atoms with Gasteiger partial charge in [-0.3, -0.25) is 4.79 Å². The van der Waals surface area contributed by atoms with Crippen molar-refractivity contribution < 1.29 is 23.8 Å². The van der Waals surface area contributed by atoms with Crippen molar-refractivity contribution in [2.75, 3.05) is 20.8 Å². The summed E-state index contributed by atoms with van der Waals surface area (Å²) in [5, 5.41) is 0. The Labute approximate surface area is 205 Å². The molecule has 4 rings (SSSR count). The van der Waals surface area contributed by atoms with Crippen LogP contribution in [0.3, 0.4) is 0 Å². The van der Waals surface area contributed by atoms with Gasteiger partial charge in [0.05, 0.1) is 25.4 Å². The summed E-state index contributed by atoms with van der Waals surface area (Å²) in [6.07, 6.45) is 2.35. The van der Waals surface area contributed by atoms with Crippen LogP contribution in [0.25, 0.3) is 6.08 Å². The van der Waals surface area contributed by atoms with Gasteiger partial charge in [0.2, 0.25) is 0 Å². The number of esters is 1. The predicted molar refractivity (Wildman–Crippen MR) is 134 cm³/mol. The minimum absolute atomic E-state index is 0.231. The van der Waals surface area contributed by atoms with Crippen LogP contribution in [0.4, 0.5) is 0 Å². The maximum absolute atomic E-state index is 13.4. The third-order valence-corrected chi connectivity index (χ3v) is 5.83. The Hall–Kier alpha value is -4.32. The molecule has 0 fully saturated rings. The molecule has 3 aromatic carbocycles. The van der Waals surface area contributed by atoms with Crippen molar-refractivity contribution in [3.05, 3.63) is 107 Å². The van der Waals surface area contributed by atoms with E-state index in [0.717, 1.165) is 16.9 Å². The first-order chi connectivity index (χ1) is 17.0. The molecule has 1 aliphatic rings. The summed E-state index contributed by atoms with van der Waals surface area (Å²) in [5.41, 5.74) is 2.98. The monoisotopic (exact) mass is 469 g/mol. The molecule has 0 spiro atoms. The van der Waals surface area contributed by atoms with Gasteiger partial charge in [0, 0.05) is 12.2 Å². The summed E-state index contributed by atoms with van der Waals surface area (Å²) >= 11 is 0. The quantitative estimate of drug-likeness (QED) is 0.326. The minimum atomic E-state index is -0.536. The number of benzene rings is 3. The molecule has 0 atom stereocenters. The molecule has 0 radical (unpaired) electrons. The summed E-state index contributed by atoms with van der Waals surface area (Å²) in [4.78, 5) is 27.7. The van der Waals surface area contributed by atoms with Crippen molar-refractivity contribution in [3.63, 3.8) is 0 Å². The van der Waals surface area contributed by atoms with E-state index >= 15 is 0 Å². The average molecular weight is 470 g/mol. The number of methoxy groups -OCH3 is 2. The molecule has 0 saturated heterocycles. The van der Waals surface area contributed by atoms with Gasteiger partial charge in [0.15, 0.2) is 0 Å². The zero-order valence-corrected chi connectivity index (χ0v) is 20.0. The summed E-state index contributed by atoms with van der Waals surface area (Å²) in [6.45, 7) is 2.21. The Morgan fingerprint density at radius 2 is 1.60 bits per heavy atom. The highest BCUT2D eigenvalue weighted by molar-refractivity contribution is 6.16. The lowest BCUT2D eigenvalue weighted by atomic mass is 10.0. The van der Waals surface area contributed by atoms with Crippen LogP contribution in [-0.4, -0.2) is 37.5 Å². The summed E-state index contributed by atoms with van der Waals surface area (Å²) < 4.78 is 16.1. The number of hydrogen-bond donors (Lipinski definition) is 0. The molecule has 0 bridgehead atoms. The van der Waals surface area contributed by atoms with E-state index in [-0.39, 0.29) is 11.5 Å². The van der Waals surface area contributed by atoms with Crippen LogP contribution in [0.2, 0.25) is 0 Å². The van der Waals surface area contributed by atoms with Crippen molar-refractivity contribution in [3.8, 4) is 17.2 Å². The molecule has 35 heavy (non-hydrogen) atoms. The second-order valence-corrected chi connectivity index (χ2v) is 8.05. The Morgan fingerprint density at radius 3 is 2.29 bits per heavy atom. The number of nitrogens with zero attached hydrogens (tertiary/aromatic N) is 1. The highest BCUT2D eigenvalue weighted by Crippen LogP contribution is 2.32. The molecule has 0 unspecified atom stereocenters. The molecule has 0 aliphatic carbocycles. The lowest BCUT2D eigenvalue weighted by molar-refractivity contribution is -0.136. The molecular formula is C29H27NO5. The molecule has 178 valence electrons. The molecule has 0 aromatic heterocycles. The number of carbonyl (C=O) groups excluding carboxylic acids is 2. The van der Waals surface area contributed by atoms with Gasteiger partial charge >= 0.3 is 5.97 Å². The van der Waals surface area contributed by atoms with E-state index in [0.29, 0.717) is 35.7 Å². The van der Waals surface area contributed by atoms with Crippen LogP contribution in [0, 0.1) is 0 Å². The molecule has 1 aliphatic heterocycles. The normalized spacial score (nSPS) is 14.4. The molecule has 6 heteroatoms. The van der Waals surface area contributed by atoms with Gasteiger partial charge in [0.25, 0.3) is 5.91 Å². The standard InChI is InChI=1S/C29H27NO5/c1-20-27(29(32)34-3)26(28(31)30(20)17-16-21-12-14-23(33-2)15-13-21)19-22-8-7-11-25(18-22)35-24-9-5-4-6-10-24/h4-15,18-19H,16-17H2,1-3H3/b26-19-. The topological polar surface area (TPSA) is 65.1 Å². The molecule has 1 heterocycles. The fourth-order valence-electron chi connectivity index (χ4n) is 3.99. The van der Waals surface area contributed by atoms with Gasteiger partial charge in [-0.1, -0.05) is 42.5 Å². The van der Waals surface area contributed by atoms with E-state index in [2.05, 4.69) is 0 Å². The zero-order chi connectivity index (χ0) is 24.8. The molecular weight excluding hydrogens is 442 g/mol. The largest absolute Gasteiger partial charge is 0.497 e. The lowest BCUT2D eigenvalue weighted by Gasteiger charge is -2.18. The first kappa shape index (κ1) is 23.8. The number of para-hydroxylation sites is 1. The van der Waals surface area contributed by atoms with Crippen molar-refractivity contribution >= 4 is 18.0 Å². The van der Waals surface area contributed by atoms with Crippen LogP contribution in [0.15, 0.2) is 95.7 Å². The Balaban J connectivity index is 1.59. The average Bonchev–Trinajstić information content (AvgIpc) is 3.12. The van der Waals surface area contributed by atoms with E-state index in [1.165, 1.54) is 7.11 Å². The lowest BCUT2D eigenvalue weighted by Crippen LogP contribution is -2.27. The summed E-state index contributed by atoms with van der Waals surface area (Å²) in [6, 6.07) is 24.5. The number of ether oxygens (including phenoxy) is 3. The van der Waals surface area contributed by atoms with E-state index in [4.69, 9.17) is 14.2 Å². The van der Waals surface area contributed by atoms with Gasteiger partial charge in [-0.25, -0.2) is 4.79 Å². The van der Waals surface area contributed by atoms with Gasteiger partial charge in [-0.15, -0.1) is 0 Å². The SMILES string of the molecule is COC(=O)C1=C(C)N(CCc2ccc(OC)cc2)C(=O)/C1=C\c1cccc(Oc2ccccc2)c1. The number of rotatable bonds is 8. The molecule has 1 amide bonds. The Bertz CT molecular complexity index is 1280. The van der Waals surface area contributed by atoms with Gasteiger partial charge in [-0.2, -0.15) is 0 Å². The van der Waals surface area contributed by atoms with Crippen LogP contribution in [0.5, 0.6) is 17.2 Å². The third-order valence-electron chi connectivity index (χ3n) is 5.83. The van der Waals surface area contributed by atoms with Crippen molar-refractivity contribution in [2.45, 2.75) is 13.3 Å². The van der Waals surface area contributed by atoms with Crippen LogP contribution < -0.4 is 9.47 Å². The van der Waals surface area contributed by atoms with Crippen LogP contribution >= 0.6 is 0 Å². The van der Waals surface area contributed by atoms with E-state index in [1.807, 2.05) is 78.9 Å². The first-order valence-corrected chi connectivity index (χ1v) is 11.3. The minimum Gasteiger partial charge on any atom is -0.497 e. The van der Waals surface area contributed by atoms with E-state index in [9.17, 15) is 9.59 Å². The molecule has 3 aromatic rings. The van der Waals surface area contributed by atoms with Crippen molar-refractivity contribution in [1.82, 2.24) is 4.90 Å². The fraction of sp³-hybridized carbons (Fsp3) is 0.172. The molecule has 0 saturated carbocycles. The Morgan fingerprint density at radius 1 is 0.886 bits per heavy atom. The van der Waals surface area contributed by atoms with Crippen molar-refractivity contribution in [2.24, 2.45) is 0 Å². The fourth-order valence-corrected chi connectivity index (χ4v) is 3.99. The highest BCUT2D eigenvalue weighted by Gasteiger charge is 2.36. The van der Waals surface area contributed by atoms with Crippen LogP contribution in [0.1, 0.15) is 18.1 Å². The zero-order valence-electron chi connectivity index (χ0n) is 20.0. The maximum atomic E-state index is 13.4. The summed E-state index contributed by atoms with van der Waals surface area (Å²) in [7, 11) is 2.94.